The van der Waals surface area contributed by atoms with E-state index in [9.17, 15) is 88.2 Å². The zero-order chi connectivity index (χ0) is 66.4. The van der Waals surface area contributed by atoms with Crippen LogP contribution in [0.5, 0.6) is 0 Å². The smallest absolute Gasteiger partial charge is 0.317 e. The van der Waals surface area contributed by atoms with Crippen LogP contribution in [-0.4, -0.2) is 282 Å². The van der Waals surface area contributed by atoms with Gasteiger partial charge in [-0.3, -0.25) is 82.5 Å². The van der Waals surface area contributed by atoms with Crippen LogP contribution in [0.15, 0.2) is 37.4 Å². The highest BCUT2D eigenvalue weighted by atomic mass is 16.4. The summed E-state index contributed by atoms with van der Waals surface area (Å²) in [6.45, 7) is 1.28. The summed E-state index contributed by atoms with van der Waals surface area (Å²) in [6, 6.07) is -6.41. The van der Waals surface area contributed by atoms with Crippen molar-refractivity contribution in [1.29, 1.82) is 0 Å². The summed E-state index contributed by atoms with van der Waals surface area (Å²) < 4.78 is 3.59. The average molecular weight is 1280 g/mol. The minimum Gasteiger partial charge on any atom is -0.481 e. The number of carboxylic acids is 5. The molecule has 0 aliphatic carbocycles. The number of carboxylic acid groups (broad SMARTS) is 5. The number of aliphatic carboxylic acids is 5. The lowest BCUT2D eigenvalue weighted by atomic mass is 10.0. The molecule has 16 N–H and O–H groups in total. The zero-order valence-electron chi connectivity index (χ0n) is 50.9. The number of hydrogen-bond donors (Lipinski definition) is 15. The van der Waals surface area contributed by atoms with E-state index in [1.54, 1.807) is 42.0 Å². The van der Waals surface area contributed by atoms with Gasteiger partial charge in [-0.25, -0.2) is 9.97 Å². The Balaban J connectivity index is 1.76. The topological polar surface area (TPSA) is 497 Å². The van der Waals surface area contributed by atoms with E-state index < -0.39 is 135 Å². The van der Waals surface area contributed by atoms with Gasteiger partial charge in [0.05, 0.1) is 44.9 Å². The Hall–Kier alpha value is -8.22. The number of aliphatic hydroxyl groups is 1. The third-order valence-corrected chi connectivity index (χ3v) is 14.5. The number of carbonyl (C=O) groups is 12. The van der Waals surface area contributed by atoms with E-state index in [4.69, 9.17) is 5.73 Å². The molecule has 3 heterocycles. The molecule has 0 bridgehead atoms. The number of rotatable bonds is 44. The van der Waals surface area contributed by atoms with Crippen LogP contribution in [0.25, 0.3) is 0 Å². The number of carbonyl (C=O) groups excluding carboxylic acids is 7. The molecule has 0 radical (unpaired) electrons. The van der Waals surface area contributed by atoms with Crippen LogP contribution in [0.1, 0.15) is 84.0 Å². The molecular formula is C55H91N17O18. The van der Waals surface area contributed by atoms with Gasteiger partial charge in [0, 0.05) is 148 Å². The van der Waals surface area contributed by atoms with E-state index in [0.717, 1.165) is 0 Å². The summed E-state index contributed by atoms with van der Waals surface area (Å²) >= 11 is 0. The normalized spacial score (nSPS) is 16.3. The van der Waals surface area contributed by atoms with Crippen LogP contribution >= 0.6 is 0 Å². The highest BCUT2D eigenvalue weighted by Crippen LogP contribution is 2.11. The number of hydrogen-bond acceptors (Lipinski definition) is 21. The van der Waals surface area contributed by atoms with Crippen LogP contribution in [0.3, 0.4) is 0 Å². The number of primary amides is 1. The number of nitrogens with one attached hydrogen (secondary N) is 8. The molecule has 3 rings (SSSR count). The van der Waals surface area contributed by atoms with Crippen molar-refractivity contribution in [3.63, 3.8) is 0 Å². The summed E-state index contributed by atoms with van der Waals surface area (Å²) in [7, 11) is 0. The molecule has 0 saturated carbocycles. The number of imidazole rings is 2. The van der Waals surface area contributed by atoms with Crippen molar-refractivity contribution in [1.82, 2.24) is 81.2 Å². The maximum Gasteiger partial charge on any atom is 0.317 e. The molecule has 1 saturated heterocycles. The largest absolute Gasteiger partial charge is 0.481 e. The average Bonchev–Trinajstić information content (AvgIpc) is 2.52. The molecule has 6 atom stereocenters. The number of amides is 7. The summed E-state index contributed by atoms with van der Waals surface area (Å²) in [5, 5.41) is 80.8. The van der Waals surface area contributed by atoms with Gasteiger partial charge in [-0.2, -0.15) is 0 Å². The first-order valence-electron chi connectivity index (χ1n) is 29.9. The number of aliphatic hydroxyl groups excluding tert-OH is 1. The quantitative estimate of drug-likeness (QED) is 0.0218. The van der Waals surface area contributed by atoms with Crippen molar-refractivity contribution in [2.45, 2.75) is 134 Å². The van der Waals surface area contributed by atoms with Gasteiger partial charge in [0.15, 0.2) is 0 Å². The van der Waals surface area contributed by atoms with Gasteiger partial charge < -0.3 is 82.7 Å². The lowest BCUT2D eigenvalue weighted by molar-refractivity contribution is -0.142. The summed E-state index contributed by atoms with van der Waals surface area (Å²) in [4.78, 5) is 166. The number of aromatic nitrogens is 4. The number of nitrogens with two attached hydrogens (primary N) is 1. The van der Waals surface area contributed by atoms with Crippen LogP contribution < -0.4 is 48.3 Å². The lowest BCUT2D eigenvalue weighted by Gasteiger charge is -2.38. The van der Waals surface area contributed by atoms with Gasteiger partial charge in [0.2, 0.25) is 41.4 Å². The van der Waals surface area contributed by atoms with E-state index in [1.807, 2.05) is 4.57 Å². The highest BCUT2D eigenvalue weighted by Gasteiger charge is 2.32. The molecule has 2 aromatic rings. The molecule has 35 nitrogen and oxygen atoms in total. The Morgan fingerprint density at radius 2 is 0.956 bits per heavy atom. The van der Waals surface area contributed by atoms with Gasteiger partial charge in [0.25, 0.3) is 0 Å². The monoisotopic (exact) mass is 1280 g/mol. The molecule has 504 valence electrons. The second-order valence-corrected chi connectivity index (χ2v) is 21.8. The van der Waals surface area contributed by atoms with Crippen molar-refractivity contribution in [2.24, 2.45) is 5.73 Å². The Bertz CT molecular complexity index is 2580. The first-order chi connectivity index (χ1) is 42.9. The fourth-order valence-electron chi connectivity index (χ4n) is 9.48. The Labute approximate surface area is 520 Å². The van der Waals surface area contributed by atoms with E-state index in [0.29, 0.717) is 32.6 Å². The van der Waals surface area contributed by atoms with E-state index in [2.05, 4.69) is 52.5 Å². The zero-order valence-corrected chi connectivity index (χ0v) is 50.9. The van der Waals surface area contributed by atoms with Gasteiger partial charge in [0.1, 0.15) is 24.4 Å². The van der Waals surface area contributed by atoms with Gasteiger partial charge in [-0.15, -0.1) is 0 Å². The third-order valence-electron chi connectivity index (χ3n) is 14.5. The van der Waals surface area contributed by atoms with Crippen LogP contribution in [-0.2, 0) is 70.6 Å². The van der Waals surface area contributed by atoms with Crippen molar-refractivity contribution >= 4 is 71.2 Å². The fraction of sp³-hybridized carbons (Fsp3) is 0.673. The standard InChI is InChI=1S/C55H91N17O18/c1-38(63-30-39-31-71(34-50(83)84)27-26-67(32-48(79)80)24-25-68(33-49(81)82)28-29-72(39)35-51(85)86)53(88)65-41(7-3-5-15-60-44(74)10-12-46(76)62-19-23-70-21-17-58-37-70)54(89)66-42(8-13-47(77)78)55(90)64-40(52(56)87)6-2-4-14-59-43(73)9-11-45(75)61-18-22-69-20-16-57-36-69/h16-17,20-21,36-42,45,61,63,75H,2-15,18-19,22-35H2,1H3,(H2,56,87)(H,59,73)(H,60,74)(H,62,76)(H,64,90)(H,65,88)(H,66,89)(H,77,78)(H,79,80)(H,81,82)(H,83,84)(H,85,86)/t38-,39?,40-,41-,42-,45?/m1/s1. The molecule has 1 aliphatic rings. The second-order valence-electron chi connectivity index (χ2n) is 21.8. The molecule has 1 aliphatic heterocycles. The fourth-order valence-corrected chi connectivity index (χ4v) is 9.48. The van der Waals surface area contributed by atoms with E-state index in [-0.39, 0.29) is 135 Å². The summed E-state index contributed by atoms with van der Waals surface area (Å²) in [5.41, 5.74) is 5.67. The molecule has 0 spiro atoms. The van der Waals surface area contributed by atoms with Crippen LogP contribution in [0.4, 0.5) is 0 Å². The molecule has 90 heavy (non-hydrogen) atoms. The lowest BCUT2D eigenvalue weighted by Crippen LogP contribution is -2.59. The van der Waals surface area contributed by atoms with Gasteiger partial charge in [-0.05, 0) is 58.3 Å². The molecular weight excluding hydrogens is 1190 g/mol. The first kappa shape index (κ1) is 76.0. The predicted octanol–water partition coefficient (Wildman–Crippen LogP) is -5.35. The maximum absolute atomic E-state index is 14.3. The first-order valence-corrected chi connectivity index (χ1v) is 29.9. The van der Waals surface area contributed by atoms with Crippen LogP contribution in [0, 0.1) is 0 Å². The number of unbranched alkanes of at least 4 members (excludes halogenated alkanes) is 2. The Kier molecular flexibility index (Phi) is 36.0. The Morgan fingerprint density at radius 1 is 0.500 bits per heavy atom. The van der Waals surface area contributed by atoms with E-state index >= 15 is 0 Å². The van der Waals surface area contributed by atoms with Crippen molar-refractivity contribution in [2.75, 3.05) is 105 Å². The predicted molar refractivity (Wildman–Crippen MR) is 318 cm³/mol. The SMILES string of the molecule is C[C@@H](NCC1CN(CC(=O)O)CCN(CC(=O)O)CCN(CC(=O)O)CCN1CC(=O)O)C(=O)N[C@H](CCCCNC(=O)CCC(=O)NCCn1ccnc1)C(=O)N[C@H](CCC(=O)O)C(=O)N[C@H](CCCCNC(=O)CCC(O)NCCn1ccnc1)C(N)=O. The minimum atomic E-state index is -1.60. The molecule has 35 heteroatoms. The molecule has 1 fully saturated rings. The molecule has 7 amide bonds. The van der Waals surface area contributed by atoms with E-state index in [1.165, 1.54) is 26.5 Å². The maximum atomic E-state index is 14.3. The minimum absolute atomic E-state index is 0.00450. The molecule has 0 aromatic carbocycles. The highest BCUT2D eigenvalue weighted by molar-refractivity contribution is 5.95. The molecule has 2 unspecified atom stereocenters. The van der Waals surface area contributed by atoms with Crippen LogP contribution in [0.2, 0.25) is 0 Å². The van der Waals surface area contributed by atoms with Crippen molar-refractivity contribution in [3.05, 3.63) is 37.4 Å². The summed E-state index contributed by atoms with van der Waals surface area (Å²) in [6.07, 6.45) is 8.73. The van der Waals surface area contributed by atoms with Gasteiger partial charge >= 0.3 is 29.8 Å². The summed E-state index contributed by atoms with van der Waals surface area (Å²) in [5.74, 6) is -11.0. The van der Waals surface area contributed by atoms with Gasteiger partial charge in [-0.1, -0.05) is 0 Å². The van der Waals surface area contributed by atoms with Crippen molar-refractivity contribution in [3.8, 4) is 0 Å². The van der Waals surface area contributed by atoms with Crippen molar-refractivity contribution < 1.29 is 88.2 Å². The number of nitrogens with zero attached hydrogens (tertiary/aromatic N) is 8. The second kappa shape index (κ2) is 42.7. The Morgan fingerprint density at radius 3 is 1.47 bits per heavy atom. The molecule has 2 aromatic heterocycles. The third kappa shape index (κ3) is 33.9.